The summed E-state index contributed by atoms with van der Waals surface area (Å²) in [6, 6.07) is 3.86. The van der Waals surface area contributed by atoms with Crippen LogP contribution in [0.3, 0.4) is 0 Å². The average Bonchev–Trinajstić information content (AvgIpc) is 3.61. The number of nitrogens with one attached hydrogen (secondary N) is 1. The summed E-state index contributed by atoms with van der Waals surface area (Å²) in [5, 5.41) is 7.56. The number of hydrogen-bond acceptors (Lipinski definition) is 9. The zero-order valence-corrected chi connectivity index (χ0v) is 20.1. The lowest BCUT2D eigenvalue weighted by atomic mass is 10.1. The normalized spacial score (nSPS) is 13.7. The molecule has 36 heavy (non-hydrogen) atoms. The van der Waals surface area contributed by atoms with Crippen LogP contribution in [0.5, 0.6) is 0 Å². The molecule has 0 saturated carbocycles. The largest absolute Gasteiger partial charge is 0.337 e. The zero-order chi connectivity index (χ0) is 24.5. The van der Waals surface area contributed by atoms with E-state index in [-0.39, 0.29) is 0 Å². The van der Waals surface area contributed by atoms with Crippen LogP contribution in [0, 0.1) is 6.92 Å². The van der Waals surface area contributed by atoms with E-state index in [0.717, 1.165) is 66.0 Å². The number of fused-ring (bicyclic) bond motifs is 1. The summed E-state index contributed by atoms with van der Waals surface area (Å²) in [5.74, 6) is 3.12. The summed E-state index contributed by atoms with van der Waals surface area (Å²) in [6.07, 6.45) is 16.5. The third kappa shape index (κ3) is 4.04. The Morgan fingerprint density at radius 3 is 2.67 bits per heavy atom. The van der Waals surface area contributed by atoms with Gasteiger partial charge in [-0.3, -0.25) is 4.40 Å². The molecule has 5 aromatic rings. The van der Waals surface area contributed by atoms with E-state index in [1.165, 1.54) is 11.9 Å². The maximum atomic E-state index is 4.74. The average molecular weight is 480 g/mol. The molecule has 5 aromatic heterocycles. The van der Waals surface area contributed by atoms with Crippen LogP contribution in [0.4, 0.5) is 17.5 Å². The van der Waals surface area contributed by atoms with Gasteiger partial charge in [0.15, 0.2) is 11.6 Å². The van der Waals surface area contributed by atoms with Gasteiger partial charge in [-0.25, -0.2) is 34.6 Å². The molecule has 6 rings (SSSR count). The van der Waals surface area contributed by atoms with E-state index in [9.17, 15) is 0 Å². The molecule has 0 atom stereocenters. The van der Waals surface area contributed by atoms with Crippen LogP contribution < -0.4 is 10.2 Å². The van der Waals surface area contributed by atoms with Crippen LogP contribution >= 0.6 is 0 Å². The summed E-state index contributed by atoms with van der Waals surface area (Å²) in [7, 11) is 0. The van der Waals surface area contributed by atoms with Crippen molar-refractivity contribution < 1.29 is 0 Å². The van der Waals surface area contributed by atoms with Crippen LogP contribution in [-0.2, 0) is 6.42 Å². The molecule has 0 radical (unpaired) electrons. The zero-order valence-electron chi connectivity index (χ0n) is 20.1. The molecule has 0 spiro atoms. The van der Waals surface area contributed by atoms with Crippen LogP contribution in [0.1, 0.15) is 30.4 Å². The van der Waals surface area contributed by atoms with Crippen molar-refractivity contribution in [2.75, 3.05) is 23.3 Å². The van der Waals surface area contributed by atoms with Crippen molar-refractivity contribution in [3.63, 3.8) is 0 Å². The lowest BCUT2D eigenvalue weighted by Crippen LogP contribution is -2.30. The molecule has 0 fully saturated rings. The second-order valence-corrected chi connectivity index (χ2v) is 8.55. The highest BCUT2D eigenvalue weighted by molar-refractivity contribution is 5.76. The molecule has 0 unspecified atom stereocenters. The summed E-state index contributed by atoms with van der Waals surface area (Å²) < 4.78 is 3.71. The molecule has 0 saturated heterocycles. The van der Waals surface area contributed by atoms with E-state index < -0.39 is 0 Å². The third-order valence-electron chi connectivity index (χ3n) is 6.32. The van der Waals surface area contributed by atoms with Gasteiger partial charge in [-0.15, -0.1) is 0 Å². The van der Waals surface area contributed by atoms with Crippen molar-refractivity contribution in [3.8, 4) is 5.82 Å². The second kappa shape index (κ2) is 9.17. The molecule has 180 valence electrons. The Morgan fingerprint density at radius 2 is 1.94 bits per heavy atom. The Morgan fingerprint density at radius 1 is 1.06 bits per heavy atom. The van der Waals surface area contributed by atoms with Crippen molar-refractivity contribution >= 4 is 28.5 Å². The summed E-state index contributed by atoms with van der Waals surface area (Å²) in [5.41, 5.74) is 4.93. The molecule has 0 amide bonds. The van der Waals surface area contributed by atoms with E-state index >= 15 is 0 Å². The van der Waals surface area contributed by atoms with Crippen molar-refractivity contribution in [3.05, 3.63) is 78.9 Å². The first-order chi connectivity index (χ1) is 17.7. The second-order valence-electron chi connectivity index (χ2n) is 8.55. The number of anilines is 3. The van der Waals surface area contributed by atoms with Crippen LogP contribution in [0.15, 0.2) is 61.8 Å². The van der Waals surface area contributed by atoms with Gasteiger partial charge in [0.1, 0.15) is 24.0 Å². The van der Waals surface area contributed by atoms with Gasteiger partial charge in [0.05, 0.1) is 17.6 Å². The minimum absolute atomic E-state index is 0.707. The minimum Gasteiger partial charge on any atom is -0.337 e. The Balaban J connectivity index is 1.23. The fourth-order valence-electron chi connectivity index (χ4n) is 4.27. The molecule has 0 bridgehead atoms. The fraction of sp³-hybridized carbons (Fsp3) is 0.240. The van der Waals surface area contributed by atoms with Gasteiger partial charge in [-0.05, 0) is 43.0 Å². The van der Waals surface area contributed by atoms with Gasteiger partial charge in [0.25, 0.3) is 0 Å². The van der Waals surface area contributed by atoms with E-state index in [1.807, 2.05) is 43.8 Å². The number of rotatable bonds is 6. The van der Waals surface area contributed by atoms with E-state index in [0.29, 0.717) is 5.82 Å². The Kier molecular flexibility index (Phi) is 5.56. The van der Waals surface area contributed by atoms with Gasteiger partial charge in [0, 0.05) is 37.9 Å². The number of nitrogens with zero attached hydrogens (tertiary/aromatic N) is 10. The number of aryl methyl sites for hydroxylation is 2. The molecular weight excluding hydrogens is 454 g/mol. The first-order valence-electron chi connectivity index (χ1n) is 11.9. The van der Waals surface area contributed by atoms with E-state index in [4.69, 9.17) is 4.98 Å². The number of hydrogen-bond donors (Lipinski definition) is 1. The SMILES string of the molecule is CCc1cnc(N2CC=C(c3ncc4c(Nc5ccc(-n6cncn6)nc5C)nccn34)CC2)nc1. The monoisotopic (exact) mass is 479 g/mol. The van der Waals surface area contributed by atoms with Crippen molar-refractivity contribution in [2.24, 2.45) is 0 Å². The number of imidazole rings is 1. The highest BCUT2D eigenvalue weighted by Gasteiger charge is 2.19. The molecule has 0 aliphatic carbocycles. The topological polar surface area (TPSA) is 115 Å². The first kappa shape index (κ1) is 21.8. The molecule has 1 N–H and O–H groups in total. The molecule has 1 aliphatic heterocycles. The van der Waals surface area contributed by atoms with Crippen molar-refractivity contribution in [2.45, 2.75) is 26.7 Å². The quantitative estimate of drug-likeness (QED) is 0.391. The Hall–Kier alpha value is -4.67. The predicted molar refractivity (Wildman–Crippen MR) is 136 cm³/mol. The molecule has 6 heterocycles. The van der Waals surface area contributed by atoms with Gasteiger partial charge < -0.3 is 10.2 Å². The van der Waals surface area contributed by atoms with Crippen LogP contribution in [0.2, 0.25) is 0 Å². The first-order valence-corrected chi connectivity index (χ1v) is 11.9. The summed E-state index contributed by atoms with van der Waals surface area (Å²) in [6.45, 7) is 5.64. The lowest BCUT2D eigenvalue weighted by Gasteiger charge is -2.26. The third-order valence-corrected chi connectivity index (χ3v) is 6.32. The van der Waals surface area contributed by atoms with Gasteiger partial charge >= 0.3 is 0 Å². The highest BCUT2D eigenvalue weighted by Crippen LogP contribution is 2.28. The number of aromatic nitrogens is 9. The van der Waals surface area contributed by atoms with Gasteiger partial charge in [0.2, 0.25) is 5.95 Å². The smallest absolute Gasteiger partial charge is 0.225 e. The van der Waals surface area contributed by atoms with Crippen LogP contribution in [-0.4, -0.2) is 57.2 Å². The van der Waals surface area contributed by atoms with Gasteiger partial charge in [-0.1, -0.05) is 13.0 Å². The summed E-state index contributed by atoms with van der Waals surface area (Å²) >= 11 is 0. The fourth-order valence-corrected chi connectivity index (χ4v) is 4.27. The lowest BCUT2D eigenvalue weighted by molar-refractivity contribution is 0.787. The standard InChI is InChI=1S/C25H25N11/c1-3-18-12-29-25(30-13-18)34-9-6-19(7-10-34)24-28-14-21-23(27-8-11-35(21)24)33-20-4-5-22(32-17(20)2)36-16-26-15-31-36/h4-6,8,11-16H,3,7,9-10H2,1-2H3,(H,27,33). The van der Waals surface area contributed by atoms with E-state index in [2.05, 4.69) is 57.6 Å². The molecule has 11 heteroatoms. The maximum absolute atomic E-state index is 4.74. The van der Waals surface area contributed by atoms with E-state index in [1.54, 1.807) is 17.2 Å². The predicted octanol–water partition coefficient (Wildman–Crippen LogP) is 3.40. The minimum atomic E-state index is 0.707. The molecule has 1 aliphatic rings. The van der Waals surface area contributed by atoms with Crippen LogP contribution in [0.25, 0.3) is 16.9 Å². The van der Waals surface area contributed by atoms with Crippen molar-refractivity contribution in [1.29, 1.82) is 0 Å². The summed E-state index contributed by atoms with van der Waals surface area (Å²) in [4.78, 5) is 29.2. The highest BCUT2D eigenvalue weighted by atomic mass is 15.3. The van der Waals surface area contributed by atoms with Gasteiger partial charge in [-0.2, -0.15) is 5.10 Å². The number of pyridine rings is 1. The van der Waals surface area contributed by atoms with Crippen molar-refractivity contribution in [1.82, 2.24) is 44.1 Å². The maximum Gasteiger partial charge on any atom is 0.225 e. The molecule has 0 aromatic carbocycles. The Labute approximate surface area is 207 Å². The molecular formula is C25H25N11. The Bertz CT molecular complexity index is 1530. The molecule has 11 nitrogen and oxygen atoms in total.